The summed E-state index contributed by atoms with van der Waals surface area (Å²) in [5.74, 6) is 1.77. The number of nitrogens with two attached hydrogens (primary N) is 1. The van der Waals surface area contributed by atoms with Crippen molar-refractivity contribution in [1.29, 1.82) is 0 Å². The van der Waals surface area contributed by atoms with Crippen LogP contribution in [-0.4, -0.2) is 30.1 Å². The van der Waals surface area contributed by atoms with Crippen LogP contribution in [0.15, 0.2) is 0 Å². The number of hydrogen-bond acceptors (Lipinski definition) is 2. The van der Waals surface area contributed by atoms with Gasteiger partial charge in [0.15, 0.2) is 0 Å². The molecule has 0 unspecified atom stereocenters. The first-order chi connectivity index (χ1) is 8.59. The molecule has 1 heterocycles. The molecule has 0 bridgehead atoms. The van der Waals surface area contributed by atoms with Crippen LogP contribution in [0, 0.1) is 11.8 Å². The number of hydrogen-bond donors (Lipinski definition) is 1. The lowest BCUT2D eigenvalue weighted by atomic mass is 9.81. The Morgan fingerprint density at radius 1 is 1.11 bits per heavy atom. The van der Waals surface area contributed by atoms with E-state index >= 15 is 0 Å². The first kappa shape index (κ1) is 16.0. The van der Waals surface area contributed by atoms with Gasteiger partial charge < -0.3 is 5.73 Å². The van der Waals surface area contributed by atoms with Crippen LogP contribution in [0.4, 0.5) is 0 Å². The minimum atomic E-state index is 0.297. The van der Waals surface area contributed by atoms with E-state index in [0.717, 1.165) is 18.4 Å². The molecular formula is C16H34N2. The fraction of sp³-hybridized carbons (Fsp3) is 1.00. The molecule has 0 aromatic rings. The van der Waals surface area contributed by atoms with Crippen LogP contribution >= 0.6 is 0 Å². The highest BCUT2D eigenvalue weighted by Crippen LogP contribution is 2.33. The van der Waals surface area contributed by atoms with Gasteiger partial charge in [-0.15, -0.1) is 0 Å². The third kappa shape index (κ3) is 3.71. The minimum absolute atomic E-state index is 0.297. The Hall–Kier alpha value is -0.0800. The Labute approximate surface area is 114 Å². The summed E-state index contributed by atoms with van der Waals surface area (Å²) in [6, 6.07) is 0. The van der Waals surface area contributed by atoms with Gasteiger partial charge in [-0.25, -0.2) is 0 Å². The lowest BCUT2D eigenvalue weighted by molar-refractivity contribution is 0.0323. The molecule has 0 amide bonds. The fourth-order valence-corrected chi connectivity index (χ4v) is 3.75. The second-order valence-electron chi connectivity index (χ2n) is 6.50. The van der Waals surface area contributed by atoms with Crippen LogP contribution in [-0.2, 0) is 0 Å². The second-order valence-corrected chi connectivity index (χ2v) is 6.50. The molecular weight excluding hydrogens is 220 g/mol. The third-order valence-corrected chi connectivity index (χ3v) is 4.96. The van der Waals surface area contributed by atoms with Crippen molar-refractivity contribution in [3.63, 3.8) is 0 Å². The van der Waals surface area contributed by atoms with Crippen molar-refractivity contribution < 1.29 is 0 Å². The molecule has 1 aliphatic heterocycles. The predicted octanol–water partition coefficient (Wildman–Crippen LogP) is 3.65. The van der Waals surface area contributed by atoms with Crippen molar-refractivity contribution in [2.75, 3.05) is 19.6 Å². The van der Waals surface area contributed by atoms with Gasteiger partial charge in [0.25, 0.3) is 0 Å². The fourth-order valence-electron chi connectivity index (χ4n) is 3.75. The maximum Gasteiger partial charge on any atom is 0.0331 e. The standard InChI is InChI=1S/C16H34N2/c1-5-9-16(13-17,10-6-2)18-11-7-15(8-12-18)14(3)4/h14-15H,5-13,17H2,1-4H3. The quantitative estimate of drug-likeness (QED) is 0.751. The number of rotatable bonds is 7. The van der Waals surface area contributed by atoms with E-state index in [9.17, 15) is 0 Å². The zero-order chi connectivity index (χ0) is 13.6. The molecule has 0 atom stereocenters. The predicted molar refractivity (Wildman–Crippen MR) is 80.7 cm³/mol. The van der Waals surface area contributed by atoms with Gasteiger partial charge in [-0.05, 0) is 50.6 Å². The van der Waals surface area contributed by atoms with Crippen molar-refractivity contribution in [3.05, 3.63) is 0 Å². The monoisotopic (exact) mass is 254 g/mol. The van der Waals surface area contributed by atoms with E-state index in [-0.39, 0.29) is 0 Å². The molecule has 1 aliphatic rings. The molecule has 18 heavy (non-hydrogen) atoms. The van der Waals surface area contributed by atoms with Gasteiger partial charge in [0, 0.05) is 12.1 Å². The summed E-state index contributed by atoms with van der Waals surface area (Å²) < 4.78 is 0. The van der Waals surface area contributed by atoms with Crippen molar-refractivity contribution >= 4 is 0 Å². The Balaban J connectivity index is 2.64. The number of likely N-dealkylation sites (tertiary alicyclic amines) is 1. The van der Waals surface area contributed by atoms with Crippen molar-refractivity contribution in [2.45, 2.75) is 71.8 Å². The van der Waals surface area contributed by atoms with Gasteiger partial charge in [-0.3, -0.25) is 4.90 Å². The molecule has 108 valence electrons. The number of nitrogens with zero attached hydrogens (tertiary/aromatic N) is 1. The highest BCUT2D eigenvalue weighted by atomic mass is 15.2. The minimum Gasteiger partial charge on any atom is -0.329 e. The Kier molecular flexibility index (Phi) is 6.65. The van der Waals surface area contributed by atoms with Crippen LogP contribution in [0.3, 0.4) is 0 Å². The molecule has 2 heteroatoms. The topological polar surface area (TPSA) is 29.3 Å². The van der Waals surface area contributed by atoms with E-state index in [0.29, 0.717) is 5.54 Å². The molecule has 1 fully saturated rings. The van der Waals surface area contributed by atoms with E-state index < -0.39 is 0 Å². The summed E-state index contributed by atoms with van der Waals surface area (Å²) in [6.45, 7) is 12.7. The van der Waals surface area contributed by atoms with E-state index in [4.69, 9.17) is 5.73 Å². The van der Waals surface area contributed by atoms with Crippen LogP contribution < -0.4 is 5.73 Å². The molecule has 1 saturated heterocycles. The zero-order valence-electron chi connectivity index (χ0n) is 13.0. The van der Waals surface area contributed by atoms with Crippen LogP contribution in [0.1, 0.15) is 66.2 Å². The molecule has 0 aliphatic carbocycles. The summed E-state index contributed by atoms with van der Waals surface area (Å²) in [7, 11) is 0. The molecule has 0 saturated carbocycles. The Morgan fingerprint density at radius 3 is 1.94 bits per heavy atom. The van der Waals surface area contributed by atoms with E-state index in [1.165, 1.54) is 51.6 Å². The highest BCUT2D eigenvalue weighted by molar-refractivity contribution is 4.93. The summed E-state index contributed by atoms with van der Waals surface area (Å²) in [5.41, 5.74) is 6.46. The lowest BCUT2D eigenvalue weighted by Crippen LogP contribution is -2.56. The maximum absolute atomic E-state index is 6.16. The summed E-state index contributed by atoms with van der Waals surface area (Å²) >= 11 is 0. The molecule has 0 aromatic heterocycles. The molecule has 2 nitrogen and oxygen atoms in total. The summed E-state index contributed by atoms with van der Waals surface area (Å²) in [5, 5.41) is 0. The lowest BCUT2D eigenvalue weighted by Gasteiger charge is -2.47. The van der Waals surface area contributed by atoms with Gasteiger partial charge in [0.2, 0.25) is 0 Å². The van der Waals surface area contributed by atoms with Crippen LogP contribution in [0.25, 0.3) is 0 Å². The average molecular weight is 254 g/mol. The maximum atomic E-state index is 6.16. The van der Waals surface area contributed by atoms with Crippen molar-refractivity contribution in [2.24, 2.45) is 17.6 Å². The van der Waals surface area contributed by atoms with Gasteiger partial charge in [-0.1, -0.05) is 40.5 Å². The van der Waals surface area contributed by atoms with E-state index in [1.54, 1.807) is 0 Å². The summed E-state index contributed by atoms with van der Waals surface area (Å²) in [4.78, 5) is 2.72. The van der Waals surface area contributed by atoms with Gasteiger partial charge in [0.05, 0.1) is 0 Å². The van der Waals surface area contributed by atoms with Gasteiger partial charge in [0.1, 0.15) is 0 Å². The second kappa shape index (κ2) is 7.49. The zero-order valence-corrected chi connectivity index (χ0v) is 13.0. The first-order valence-corrected chi connectivity index (χ1v) is 8.04. The van der Waals surface area contributed by atoms with E-state index in [2.05, 4.69) is 32.6 Å². The summed E-state index contributed by atoms with van der Waals surface area (Å²) in [6.07, 6.45) is 7.77. The normalized spacial score (nSPS) is 19.7. The number of piperidine rings is 1. The van der Waals surface area contributed by atoms with E-state index in [1.807, 2.05) is 0 Å². The molecule has 2 N–H and O–H groups in total. The van der Waals surface area contributed by atoms with Crippen molar-refractivity contribution in [3.8, 4) is 0 Å². The first-order valence-electron chi connectivity index (χ1n) is 8.04. The Morgan fingerprint density at radius 2 is 1.61 bits per heavy atom. The van der Waals surface area contributed by atoms with Crippen molar-refractivity contribution in [1.82, 2.24) is 4.90 Å². The molecule has 0 radical (unpaired) electrons. The molecule has 0 aromatic carbocycles. The van der Waals surface area contributed by atoms with Crippen LogP contribution in [0.2, 0.25) is 0 Å². The molecule has 1 rings (SSSR count). The SMILES string of the molecule is CCCC(CN)(CCC)N1CCC(C(C)C)CC1. The average Bonchev–Trinajstić information content (AvgIpc) is 2.38. The molecule has 0 spiro atoms. The van der Waals surface area contributed by atoms with Gasteiger partial charge in [-0.2, -0.15) is 0 Å². The third-order valence-electron chi connectivity index (χ3n) is 4.96. The highest BCUT2D eigenvalue weighted by Gasteiger charge is 2.36. The largest absolute Gasteiger partial charge is 0.329 e. The van der Waals surface area contributed by atoms with Crippen LogP contribution in [0.5, 0.6) is 0 Å². The van der Waals surface area contributed by atoms with Gasteiger partial charge >= 0.3 is 0 Å². The Bertz CT molecular complexity index is 211. The smallest absolute Gasteiger partial charge is 0.0331 e.